The number of methoxy groups -OCH3 is 2. The van der Waals surface area contributed by atoms with Crippen LogP contribution in [-0.4, -0.2) is 50.3 Å². The molecule has 0 aliphatic heterocycles. The monoisotopic (exact) mass is 460 g/mol. The Bertz CT molecular complexity index is 1270. The maximum atomic E-state index is 12.7. The van der Waals surface area contributed by atoms with Crippen molar-refractivity contribution in [2.45, 2.75) is 6.92 Å². The van der Waals surface area contributed by atoms with Crippen molar-refractivity contribution >= 4 is 32.9 Å². The number of nitrogens with two attached hydrogens (primary N) is 1. The Morgan fingerprint density at radius 2 is 1.69 bits per heavy atom. The zero-order valence-corrected chi connectivity index (χ0v) is 18.8. The SMILES string of the molecule is COc1cc2nc(-c3ccccc3C)cc(C(=O)NC(=N)N)c2cc1OC.CS(=O)(=O)O. The topological polar surface area (TPSA) is 165 Å². The third-order valence-electron chi connectivity index (χ3n) is 4.23. The third kappa shape index (κ3) is 6.40. The van der Waals surface area contributed by atoms with Crippen LogP contribution < -0.4 is 20.5 Å². The van der Waals surface area contributed by atoms with Gasteiger partial charge in [-0.05, 0) is 24.6 Å². The van der Waals surface area contributed by atoms with Crippen molar-refractivity contribution in [2.75, 3.05) is 20.5 Å². The highest BCUT2D eigenvalue weighted by Crippen LogP contribution is 2.35. The van der Waals surface area contributed by atoms with Gasteiger partial charge in [0.2, 0.25) is 0 Å². The van der Waals surface area contributed by atoms with Crippen molar-refractivity contribution in [3.8, 4) is 22.8 Å². The van der Waals surface area contributed by atoms with Gasteiger partial charge in [0.25, 0.3) is 16.0 Å². The average Bonchev–Trinajstić information content (AvgIpc) is 2.70. The molecule has 0 spiro atoms. The summed E-state index contributed by atoms with van der Waals surface area (Å²) in [5.41, 5.74) is 8.83. The van der Waals surface area contributed by atoms with Crippen LogP contribution in [0.15, 0.2) is 42.5 Å². The molecule has 0 atom stereocenters. The van der Waals surface area contributed by atoms with E-state index in [0.717, 1.165) is 11.1 Å². The zero-order valence-electron chi connectivity index (χ0n) is 18.0. The molecule has 1 aromatic heterocycles. The molecule has 1 heterocycles. The Morgan fingerprint density at radius 1 is 1.12 bits per heavy atom. The quantitative estimate of drug-likeness (QED) is 0.262. The molecule has 3 rings (SSSR count). The van der Waals surface area contributed by atoms with Crippen molar-refractivity contribution in [1.29, 1.82) is 5.41 Å². The van der Waals surface area contributed by atoms with Gasteiger partial charge >= 0.3 is 0 Å². The maximum absolute atomic E-state index is 12.7. The van der Waals surface area contributed by atoms with E-state index < -0.39 is 22.0 Å². The van der Waals surface area contributed by atoms with Gasteiger partial charge in [-0.3, -0.25) is 20.1 Å². The molecule has 170 valence electrons. The number of amides is 1. The van der Waals surface area contributed by atoms with Crippen LogP contribution in [0.4, 0.5) is 0 Å². The first kappa shape index (κ1) is 24.6. The molecule has 5 N–H and O–H groups in total. The molecule has 0 radical (unpaired) electrons. The molecule has 0 unspecified atom stereocenters. The molecule has 1 amide bonds. The Labute approximate surface area is 185 Å². The van der Waals surface area contributed by atoms with Gasteiger partial charge in [-0.1, -0.05) is 24.3 Å². The van der Waals surface area contributed by atoms with Crippen molar-refractivity contribution < 1.29 is 27.2 Å². The van der Waals surface area contributed by atoms with E-state index in [1.807, 2.05) is 31.2 Å². The van der Waals surface area contributed by atoms with Crippen molar-refractivity contribution in [1.82, 2.24) is 10.3 Å². The standard InChI is InChI=1S/C20H20N4O3.CH4O3S/c1-11-6-4-5-7-12(11)15-8-14(19(25)24-20(21)22)13-9-17(26-2)18(27-3)10-16(13)23-15;1-5(2,3)4/h4-10H,1-3H3,(H4,21,22,24,25);1H3,(H,2,3,4). The lowest BCUT2D eigenvalue weighted by atomic mass is 10.0. The Hall–Kier alpha value is -3.70. The first-order valence-electron chi connectivity index (χ1n) is 9.15. The molecule has 0 fully saturated rings. The highest BCUT2D eigenvalue weighted by Gasteiger charge is 2.18. The number of aromatic nitrogens is 1. The summed E-state index contributed by atoms with van der Waals surface area (Å²) in [5.74, 6) is 0.0736. The minimum atomic E-state index is -3.67. The minimum Gasteiger partial charge on any atom is -0.493 e. The number of carbonyl (C=O) groups is 1. The number of nitrogens with zero attached hydrogens (tertiary/aromatic N) is 1. The van der Waals surface area contributed by atoms with Gasteiger partial charge in [-0.25, -0.2) is 4.98 Å². The molecule has 0 aliphatic rings. The van der Waals surface area contributed by atoms with Crippen LogP contribution in [0.3, 0.4) is 0 Å². The van der Waals surface area contributed by atoms with Gasteiger partial charge < -0.3 is 15.2 Å². The molecule has 0 aliphatic carbocycles. The fourth-order valence-electron chi connectivity index (χ4n) is 2.93. The van der Waals surface area contributed by atoms with E-state index in [1.54, 1.807) is 18.2 Å². The second-order valence-electron chi connectivity index (χ2n) is 6.70. The highest BCUT2D eigenvalue weighted by molar-refractivity contribution is 7.85. The number of rotatable bonds is 4. The van der Waals surface area contributed by atoms with Gasteiger partial charge in [0.1, 0.15) is 0 Å². The normalized spacial score (nSPS) is 10.7. The van der Waals surface area contributed by atoms with Gasteiger partial charge in [0.15, 0.2) is 17.5 Å². The molecule has 2 aromatic carbocycles. The van der Waals surface area contributed by atoms with E-state index in [1.165, 1.54) is 14.2 Å². The maximum Gasteiger partial charge on any atom is 0.261 e. The van der Waals surface area contributed by atoms with Gasteiger partial charge in [0, 0.05) is 17.0 Å². The van der Waals surface area contributed by atoms with E-state index in [0.29, 0.717) is 39.9 Å². The number of pyridine rings is 1. The Morgan fingerprint density at radius 3 is 2.22 bits per heavy atom. The minimum absolute atomic E-state index is 0.342. The predicted molar refractivity (Wildman–Crippen MR) is 122 cm³/mol. The molecule has 0 bridgehead atoms. The van der Waals surface area contributed by atoms with Gasteiger partial charge in [-0.15, -0.1) is 0 Å². The van der Waals surface area contributed by atoms with E-state index >= 15 is 0 Å². The van der Waals surface area contributed by atoms with E-state index in [2.05, 4.69) is 5.32 Å². The van der Waals surface area contributed by atoms with Crippen LogP contribution in [-0.2, 0) is 10.1 Å². The van der Waals surface area contributed by atoms with Crippen LogP contribution in [0.2, 0.25) is 0 Å². The summed E-state index contributed by atoms with van der Waals surface area (Å²) in [6, 6.07) is 12.9. The third-order valence-corrected chi connectivity index (χ3v) is 4.23. The summed E-state index contributed by atoms with van der Waals surface area (Å²) in [7, 11) is -0.605. The molecule has 32 heavy (non-hydrogen) atoms. The molecule has 0 saturated heterocycles. The number of hydrogen-bond donors (Lipinski definition) is 4. The number of aryl methyl sites for hydroxylation is 1. The summed E-state index contributed by atoms with van der Waals surface area (Å²) >= 11 is 0. The van der Waals surface area contributed by atoms with Crippen molar-refractivity contribution in [2.24, 2.45) is 5.73 Å². The van der Waals surface area contributed by atoms with Gasteiger partial charge in [0.05, 0.1) is 37.2 Å². The molecular formula is C21H24N4O6S. The fourth-order valence-corrected chi connectivity index (χ4v) is 2.93. The molecule has 0 saturated carbocycles. The zero-order chi connectivity index (χ0) is 24.1. The number of hydrogen-bond acceptors (Lipinski definition) is 7. The van der Waals surface area contributed by atoms with Crippen LogP contribution in [0.25, 0.3) is 22.2 Å². The predicted octanol–water partition coefficient (Wildman–Crippen LogP) is 2.35. The first-order valence-corrected chi connectivity index (χ1v) is 11.0. The Kier molecular flexibility index (Phi) is 7.73. The summed E-state index contributed by atoms with van der Waals surface area (Å²) in [4.78, 5) is 17.4. The van der Waals surface area contributed by atoms with Crippen LogP contribution in [0.5, 0.6) is 11.5 Å². The first-order chi connectivity index (χ1) is 14.9. The molecule has 3 aromatic rings. The highest BCUT2D eigenvalue weighted by atomic mass is 32.2. The lowest BCUT2D eigenvalue weighted by Crippen LogP contribution is -2.35. The van der Waals surface area contributed by atoms with Crippen molar-refractivity contribution in [3.63, 3.8) is 0 Å². The Balaban J connectivity index is 0.000000654. The number of ether oxygens (including phenoxy) is 2. The van der Waals surface area contributed by atoms with Gasteiger partial charge in [-0.2, -0.15) is 8.42 Å². The number of nitrogens with one attached hydrogen (secondary N) is 2. The van der Waals surface area contributed by atoms with Crippen LogP contribution in [0.1, 0.15) is 15.9 Å². The summed E-state index contributed by atoms with van der Waals surface area (Å²) < 4.78 is 36.6. The lowest BCUT2D eigenvalue weighted by Gasteiger charge is -2.14. The summed E-state index contributed by atoms with van der Waals surface area (Å²) in [6.45, 7) is 1.98. The second-order valence-corrected chi connectivity index (χ2v) is 8.16. The number of guanidine groups is 1. The van der Waals surface area contributed by atoms with E-state index in [9.17, 15) is 13.2 Å². The number of carbonyl (C=O) groups excluding carboxylic acids is 1. The lowest BCUT2D eigenvalue weighted by molar-refractivity contribution is 0.0978. The molecule has 10 nitrogen and oxygen atoms in total. The van der Waals surface area contributed by atoms with Crippen LogP contribution in [0, 0.1) is 12.3 Å². The van der Waals surface area contributed by atoms with E-state index in [4.69, 9.17) is 30.2 Å². The van der Waals surface area contributed by atoms with Crippen molar-refractivity contribution in [3.05, 3.63) is 53.6 Å². The summed E-state index contributed by atoms with van der Waals surface area (Å²) in [6.07, 6.45) is 0.715. The fraction of sp³-hybridized carbons (Fsp3) is 0.190. The van der Waals surface area contributed by atoms with E-state index in [-0.39, 0.29) is 0 Å². The number of benzene rings is 2. The number of fused-ring (bicyclic) bond motifs is 1. The largest absolute Gasteiger partial charge is 0.493 e. The average molecular weight is 461 g/mol. The molecular weight excluding hydrogens is 436 g/mol. The summed E-state index contributed by atoms with van der Waals surface area (Å²) in [5, 5.41) is 10.3. The smallest absolute Gasteiger partial charge is 0.261 e. The molecule has 11 heteroatoms. The van der Waals surface area contributed by atoms with Crippen LogP contribution >= 0.6 is 0 Å². The second kappa shape index (κ2) is 10.1.